The average Bonchev–Trinajstić information content (AvgIpc) is 2.63. The van der Waals surface area contributed by atoms with Gasteiger partial charge in [0.2, 0.25) is 5.91 Å². The predicted molar refractivity (Wildman–Crippen MR) is 113 cm³/mol. The Labute approximate surface area is 169 Å². The van der Waals surface area contributed by atoms with Crippen LogP contribution in [0.2, 0.25) is 0 Å². The number of thioether (sulfide) groups is 1. The Balaban J connectivity index is 1.64. The van der Waals surface area contributed by atoms with E-state index in [4.69, 9.17) is 4.74 Å². The highest BCUT2D eigenvalue weighted by molar-refractivity contribution is 8.00. The fraction of sp³-hybridized carbons (Fsp3) is 0.286. The molecule has 0 spiro atoms. The molecule has 0 aliphatic rings. The van der Waals surface area contributed by atoms with Gasteiger partial charge in [0.15, 0.2) is 6.61 Å². The molecule has 0 aliphatic heterocycles. The molecule has 0 unspecified atom stereocenters. The molecule has 2 aromatic carbocycles. The summed E-state index contributed by atoms with van der Waals surface area (Å²) in [6.07, 6.45) is 0. The van der Waals surface area contributed by atoms with Gasteiger partial charge < -0.3 is 15.4 Å². The summed E-state index contributed by atoms with van der Waals surface area (Å²) in [5.41, 5.74) is 4.62. The lowest BCUT2D eigenvalue weighted by Crippen LogP contribution is -2.22. The Morgan fingerprint density at radius 1 is 0.857 bits per heavy atom. The Morgan fingerprint density at radius 3 is 2.29 bits per heavy atom. The monoisotopic (exact) mass is 400 g/mol. The van der Waals surface area contributed by atoms with Crippen LogP contribution in [-0.4, -0.2) is 35.9 Å². The van der Waals surface area contributed by atoms with Gasteiger partial charge in [-0.1, -0.05) is 18.2 Å². The number of amides is 2. The number of carbonyl (C=O) groups excluding carboxylic acids is 3. The average molecular weight is 401 g/mol. The van der Waals surface area contributed by atoms with E-state index in [1.807, 2.05) is 51.1 Å². The molecular weight excluding hydrogens is 376 g/mol. The maximum Gasteiger partial charge on any atom is 0.316 e. The Bertz CT molecular complexity index is 867. The summed E-state index contributed by atoms with van der Waals surface area (Å²) in [4.78, 5) is 35.5. The molecule has 0 saturated heterocycles. The van der Waals surface area contributed by atoms with Crippen LogP contribution in [0.5, 0.6) is 0 Å². The van der Waals surface area contributed by atoms with Gasteiger partial charge in [-0.05, 0) is 61.7 Å². The smallest absolute Gasteiger partial charge is 0.316 e. The fourth-order valence-corrected chi connectivity index (χ4v) is 2.96. The molecule has 2 rings (SSSR count). The van der Waals surface area contributed by atoms with E-state index < -0.39 is 11.9 Å². The molecule has 0 radical (unpaired) electrons. The Kier molecular flexibility index (Phi) is 8.07. The summed E-state index contributed by atoms with van der Waals surface area (Å²) < 4.78 is 4.94. The van der Waals surface area contributed by atoms with E-state index in [1.165, 1.54) is 0 Å². The SMILES string of the molecule is Cc1cccc(NC(=O)CSCC(=O)OCC(=O)Nc2ccc(C)c(C)c2)c1. The highest BCUT2D eigenvalue weighted by atomic mass is 32.2. The first-order chi connectivity index (χ1) is 13.3. The van der Waals surface area contributed by atoms with Gasteiger partial charge in [-0.3, -0.25) is 14.4 Å². The van der Waals surface area contributed by atoms with Crippen LogP contribution in [0.1, 0.15) is 16.7 Å². The van der Waals surface area contributed by atoms with Crippen LogP contribution in [0.25, 0.3) is 0 Å². The van der Waals surface area contributed by atoms with Gasteiger partial charge in [-0.25, -0.2) is 0 Å². The zero-order valence-electron chi connectivity index (χ0n) is 16.2. The summed E-state index contributed by atoms with van der Waals surface area (Å²) >= 11 is 1.13. The fourth-order valence-electron chi connectivity index (χ4n) is 2.35. The van der Waals surface area contributed by atoms with E-state index in [0.29, 0.717) is 5.69 Å². The maximum absolute atomic E-state index is 11.9. The number of aryl methyl sites for hydroxylation is 3. The van der Waals surface area contributed by atoms with Crippen molar-refractivity contribution in [1.29, 1.82) is 0 Å². The van der Waals surface area contributed by atoms with Crippen LogP contribution in [0.15, 0.2) is 42.5 Å². The number of carbonyl (C=O) groups is 3. The highest BCUT2D eigenvalue weighted by Crippen LogP contribution is 2.14. The molecule has 2 N–H and O–H groups in total. The van der Waals surface area contributed by atoms with Crippen LogP contribution >= 0.6 is 11.8 Å². The normalized spacial score (nSPS) is 10.2. The van der Waals surface area contributed by atoms with Crippen molar-refractivity contribution in [3.05, 3.63) is 59.2 Å². The lowest BCUT2D eigenvalue weighted by molar-refractivity contribution is -0.144. The lowest BCUT2D eigenvalue weighted by Gasteiger charge is -2.08. The van der Waals surface area contributed by atoms with Crippen molar-refractivity contribution in [1.82, 2.24) is 0 Å². The molecule has 0 fully saturated rings. The minimum Gasteiger partial charge on any atom is -0.455 e. The van der Waals surface area contributed by atoms with E-state index in [2.05, 4.69) is 10.6 Å². The molecule has 0 saturated carbocycles. The molecular formula is C21H24N2O4S. The largest absolute Gasteiger partial charge is 0.455 e. The van der Waals surface area contributed by atoms with Gasteiger partial charge in [0.05, 0.1) is 11.5 Å². The summed E-state index contributed by atoms with van der Waals surface area (Å²) in [5.74, 6) is -1.02. The second-order valence-corrected chi connectivity index (χ2v) is 7.40. The molecule has 148 valence electrons. The van der Waals surface area contributed by atoms with Crippen molar-refractivity contribution in [2.45, 2.75) is 20.8 Å². The number of anilines is 2. The van der Waals surface area contributed by atoms with Gasteiger partial charge in [0, 0.05) is 11.4 Å². The molecule has 2 amide bonds. The van der Waals surface area contributed by atoms with Crippen LogP contribution in [0, 0.1) is 20.8 Å². The molecule has 7 heteroatoms. The van der Waals surface area contributed by atoms with E-state index in [9.17, 15) is 14.4 Å². The van der Waals surface area contributed by atoms with Crippen LogP contribution in [0.4, 0.5) is 11.4 Å². The first-order valence-corrected chi connectivity index (χ1v) is 9.96. The summed E-state index contributed by atoms with van der Waals surface area (Å²) in [5, 5.41) is 5.45. The molecule has 0 aromatic heterocycles. The number of esters is 1. The third-order valence-corrected chi connectivity index (χ3v) is 4.82. The number of benzene rings is 2. The molecule has 2 aromatic rings. The Hall–Kier alpha value is -2.80. The number of hydrogen-bond donors (Lipinski definition) is 2. The van der Waals surface area contributed by atoms with Crippen molar-refractivity contribution in [3.8, 4) is 0 Å². The number of rotatable bonds is 8. The number of ether oxygens (including phenoxy) is 1. The van der Waals surface area contributed by atoms with Crippen molar-refractivity contribution in [2.75, 3.05) is 28.7 Å². The van der Waals surface area contributed by atoms with Gasteiger partial charge in [0.1, 0.15) is 0 Å². The molecule has 0 heterocycles. The van der Waals surface area contributed by atoms with E-state index >= 15 is 0 Å². The molecule has 6 nitrogen and oxygen atoms in total. The first-order valence-electron chi connectivity index (χ1n) is 8.80. The lowest BCUT2D eigenvalue weighted by atomic mass is 10.1. The van der Waals surface area contributed by atoms with Crippen molar-refractivity contribution in [3.63, 3.8) is 0 Å². The van der Waals surface area contributed by atoms with Gasteiger partial charge >= 0.3 is 5.97 Å². The zero-order chi connectivity index (χ0) is 20.5. The predicted octanol–water partition coefficient (Wildman–Crippen LogP) is 3.47. The van der Waals surface area contributed by atoms with Crippen LogP contribution < -0.4 is 10.6 Å². The van der Waals surface area contributed by atoms with Crippen LogP contribution in [-0.2, 0) is 19.1 Å². The summed E-state index contributed by atoms with van der Waals surface area (Å²) in [7, 11) is 0. The Morgan fingerprint density at radius 2 is 1.57 bits per heavy atom. The van der Waals surface area contributed by atoms with Crippen molar-refractivity contribution < 1.29 is 19.1 Å². The van der Waals surface area contributed by atoms with E-state index in [1.54, 1.807) is 12.1 Å². The first kappa shape index (κ1) is 21.5. The van der Waals surface area contributed by atoms with Gasteiger partial charge in [-0.15, -0.1) is 11.8 Å². The highest BCUT2D eigenvalue weighted by Gasteiger charge is 2.10. The second kappa shape index (κ2) is 10.5. The quantitative estimate of drug-likeness (QED) is 0.663. The van der Waals surface area contributed by atoms with Gasteiger partial charge in [-0.2, -0.15) is 0 Å². The number of hydrogen-bond acceptors (Lipinski definition) is 5. The van der Waals surface area contributed by atoms with Crippen LogP contribution in [0.3, 0.4) is 0 Å². The van der Waals surface area contributed by atoms with Crippen molar-refractivity contribution in [2.24, 2.45) is 0 Å². The summed E-state index contributed by atoms with van der Waals surface area (Å²) in [6, 6.07) is 13.0. The van der Waals surface area contributed by atoms with Gasteiger partial charge in [0.25, 0.3) is 5.91 Å². The molecule has 0 bridgehead atoms. The van der Waals surface area contributed by atoms with E-state index in [0.717, 1.165) is 34.1 Å². The minimum absolute atomic E-state index is 0.00183. The molecule has 0 atom stereocenters. The second-order valence-electron chi connectivity index (χ2n) is 6.42. The third-order valence-electron chi connectivity index (χ3n) is 3.91. The van der Waals surface area contributed by atoms with E-state index in [-0.39, 0.29) is 24.0 Å². The molecule has 0 aliphatic carbocycles. The zero-order valence-corrected chi connectivity index (χ0v) is 17.0. The van der Waals surface area contributed by atoms with Crippen molar-refractivity contribution >= 4 is 40.9 Å². The standard InChI is InChI=1S/C21H24N2O4S/c1-14-5-4-6-17(9-14)23-20(25)12-28-13-21(26)27-11-19(24)22-18-8-7-15(2)16(3)10-18/h4-10H,11-13H2,1-3H3,(H,22,24)(H,23,25). The minimum atomic E-state index is -0.538. The topological polar surface area (TPSA) is 84.5 Å². The molecule has 28 heavy (non-hydrogen) atoms. The number of nitrogens with one attached hydrogen (secondary N) is 2. The maximum atomic E-state index is 11.9. The third kappa shape index (κ3) is 7.44. The summed E-state index contributed by atoms with van der Waals surface area (Å²) in [6.45, 7) is 5.53.